The SMILES string of the molecule is COCCN(Cc1ccc(OC)cc1)C(=O)N1CCCC(CS(=O)(=O)NNC(=O)c2cc(-c3cn(C)cn3)cc(Cl)c2F)C1. The summed E-state index contributed by atoms with van der Waals surface area (Å²) in [7, 11) is 0.855. The third kappa shape index (κ3) is 8.68. The molecular formula is C29H36ClFN6O6S. The Morgan fingerprint density at radius 3 is 2.61 bits per heavy atom. The van der Waals surface area contributed by atoms with E-state index in [1.165, 1.54) is 12.1 Å². The molecule has 3 amide bonds. The van der Waals surface area contributed by atoms with Crippen LogP contribution in [0.5, 0.6) is 5.75 Å². The molecule has 44 heavy (non-hydrogen) atoms. The lowest BCUT2D eigenvalue weighted by Gasteiger charge is -2.36. The van der Waals surface area contributed by atoms with Crippen LogP contribution in [0.25, 0.3) is 11.3 Å². The fraction of sp³-hybridized carbons (Fsp3) is 0.414. The number of piperidine rings is 1. The van der Waals surface area contributed by atoms with Gasteiger partial charge in [-0.25, -0.2) is 22.6 Å². The predicted molar refractivity (Wildman–Crippen MR) is 163 cm³/mol. The number of ether oxygens (including phenoxy) is 2. The van der Waals surface area contributed by atoms with Gasteiger partial charge in [0.05, 0.1) is 42.1 Å². The maximum absolute atomic E-state index is 14.7. The van der Waals surface area contributed by atoms with Crippen molar-refractivity contribution in [3.63, 3.8) is 0 Å². The molecule has 15 heteroatoms. The van der Waals surface area contributed by atoms with Gasteiger partial charge in [0.15, 0.2) is 5.82 Å². The Morgan fingerprint density at radius 1 is 1.20 bits per heavy atom. The van der Waals surface area contributed by atoms with E-state index in [9.17, 15) is 22.4 Å². The minimum Gasteiger partial charge on any atom is -0.497 e. The van der Waals surface area contributed by atoms with Crippen LogP contribution in [0.4, 0.5) is 9.18 Å². The Bertz CT molecular complexity index is 1570. The minimum atomic E-state index is -4.04. The number of carbonyl (C=O) groups is 2. The number of hydrazine groups is 1. The van der Waals surface area contributed by atoms with Crippen LogP contribution >= 0.6 is 11.6 Å². The highest BCUT2D eigenvalue weighted by Crippen LogP contribution is 2.27. The maximum atomic E-state index is 14.7. The molecule has 2 aromatic carbocycles. The van der Waals surface area contributed by atoms with Crippen molar-refractivity contribution in [2.24, 2.45) is 13.0 Å². The molecule has 12 nitrogen and oxygen atoms in total. The largest absolute Gasteiger partial charge is 0.497 e. The van der Waals surface area contributed by atoms with Gasteiger partial charge in [0, 0.05) is 52.1 Å². The first-order valence-electron chi connectivity index (χ1n) is 13.9. The predicted octanol–water partition coefficient (Wildman–Crippen LogP) is 3.43. The molecule has 1 fully saturated rings. The molecule has 1 saturated heterocycles. The average molecular weight is 651 g/mol. The Labute approximate surface area is 261 Å². The lowest BCUT2D eigenvalue weighted by molar-refractivity contribution is 0.0941. The van der Waals surface area contributed by atoms with Crippen LogP contribution in [-0.4, -0.2) is 85.9 Å². The van der Waals surface area contributed by atoms with E-state index in [1.54, 1.807) is 48.2 Å². The van der Waals surface area contributed by atoms with Gasteiger partial charge in [-0.3, -0.25) is 10.2 Å². The van der Waals surface area contributed by atoms with E-state index < -0.39 is 27.3 Å². The van der Waals surface area contributed by atoms with Gasteiger partial charge in [0.2, 0.25) is 10.0 Å². The highest BCUT2D eigenvalue weighted by atomic mass is 35.5. The van der Waals surface area contributed by atoms with Gasteiger partial charge >= 0.3 is 6.03 Å². The number of nitrogens with one attached hydrogen (secondary N) is 2. The van der Waals surface area contributed by atoms with E-state index in [0.717, 1.165) is 5.56 Å². The zero-order valence-electron chi connectivity index (χ0n) is 24.8. The van der Waals surface area contributed by atoms with Crippen LogP contribution in [0.1, 0.15) is 28.8 Å². The number of hydrogen-bond acceptors (Lipinski definition) is 7. The van der Waals surface area contributed by atoms with Gasteiger partial charge in [-0.15, -0.1) is 4.83 Å². The summed E-state index contributed by atoms with van der Waals surface area (Å²) in [4.78, 5) is 35.8. The summed E-state index contributed by atoms with van der Waals surface area (Å²) >= 11 is 6.01. The molecule has 3 aromatic rings. The van der Waals surface area contributed by atoms with Gasteiger partial charge < -0.3 is 23.8 Å². The van der Waals surface area contributed by atoms with Crippen LogP contribution < -0.4 is 15.0 Å². The summed E-state index contributed by atoms with van der Waals surface area (Å²) in [5.41, 5.74) is 3.40. The zero-order valence-corrected chi connectivity index (χ0v) is 26.3. The molecule has 0 bridgehead atoms. The normalized spacial score (nSPS) is 15.2. The summed E-state index contributed by atoms with van der Waals surface area (Å²) in [6.07, 6.45) is 4.40. The number of sulfonamides is 1. The second kappa shape index (κ2) is 14.8. The zero-order chi connectivity index (χ0) is 31.9. The average Bonchev–Trinajstić information content (AvgIpc) is 3.45. The van der Waals surface area contributed by atoms with E-state index in [4.69, 9.17) is 21.1 Å². The molecule has 2 heterocycles. The molecule has 238 valence electrons. The fourth-order valence-electron chi connectivity index (χ4n) is 4.98. The summed E-state index contributed by atoms with van der Waals surface area (Å²) in [6, 6.07) is 9.77. The van der Waals surface area contributed by atoms with E-state index in [2.05, 4.69) is 15.2 Å². The number of carbonyl (C=O) groups excluding carboxylic acids is 2. The standard InChI is InChI=1S/C29H36ClFN6O6S/c1-35-17-26(32-19-35)22-13-24(27(31)25(30)14-22)28(38)33-34-44(40,41)18-21-5-4-10-36(16-21)29(39)37(11-12-42-2)15-20-6-8-23(43-3)9-7-20/h6-9,13-14,17,19,21,34H,4-5,10-12,15-16,18H2,1-3H3,(H,33,38). The Hall–Kier alpha value is -3.72. The van der Waals surface area contributed by atoms with E-state index in [0.29, 0.717) is 56.1 Å². The molecule has 4 rings (SSSR count). The van der Waals surface area contributed by atoms with Crippen LogP contribution in [0.15, 0.2) is 48.9 Å². The Morgan fingerprint density at radius 2 is 1.95 bits per heavy atom. The molecule has 0 aliphatic carbocycles. The molecule has 0 spiro atoms. The van der Waals surface area contributed by atoms with Crippen molar-refractivity contribution in [2.45, 2.75) is 19.4 Å². The van der Waals surface area contributed by atoms with Crippen molar-refractivity contribution < 1.29 is 31.9 Å². The van der Waals surface area contributed by atoms with Gasteiger partial charge in [-0.2, -0.15) is 0 Å². The van der Waals surface area contributed by atoms with Crippen molar-refractivity contribution in [2.75, 3.05) is 46.2 Å². The minimum absolute atomic E-state index is 0.218. The first-order chi connectivity index (χ1) is 21.0. The van der Waals surface area contributed by atoms with Crippen LogP contribution in [-0.2, 0) is 28.4 Å². The number of rotatable bonds is 12. The number of amides is 3. The van der Waals surface area contributed by atoms with Crippen molar-refractivity contribution >= 4 is 33.6 Å². The molecule has 1 aromatic heterocycles. The summed E-state index contributed by atoms with van der Waals surface area (Å²) < 4.78 is 52.7. The Kier molecular flexibility index (Phi) is 11.2. The number of urea groups is 1. The summed E-state index contributed by atoms with van der Waals surface area (Å²) in [5, 5.41) is -0.306. The van der Waals surface area contributed by atoms with Gasteiger partial charge in [-0.1, -0.05) is 23.7 Å². The summed E-state index contributed by atoms with van der Waals surface area (Å²) in [6.45, 7) is 1.75. The Balaban J connectivity index is 1.37. The maximum Gasteiger partial charge on any atom is 0.320 e. The number of imidazole rings is 1. The molecule has 1 atom stereocenters. The van der Waals surface area contributed by atoms with Crippen molar-refractivity contribution in [1.82, 2.24) is 29.6 Å². The number of aryl methyl sites for hydroxylation is 1. The van der Waals surface area contributed by atoms with Gasteiger partial charge in [0.1, 0.15) is 5.75 Å². The number of benzene rings is 2. The second-order valence-electron chi connectivity index (χ2n) is 10.6. The molecule has 2 N–H and O–H groups in total. The topological polar surface area (TPSA) is 135 Å². The van der Waals surface area contributed by atoms with E-state index >= 15 is 0 Å². The highest BCUT2D eigenvalue weighted by Gasteiger charge is 2.30. The van der Waals surface area contributed by atoms with Crippen LogP contribution in [0.3, 0.4) is 0 Å². The van der Waals surface area contributed by atoms with E-state index in [-0.39, 0.29) is 29.3 Å². The molecule has 1 aliphatic heterocycles. The first kappa shape index (κ1) is 33.2. The van der Waals surface area contributed by atoms with Crippen LogP contribution in [0.2, 0.25) is 5.02 Å². The number of aromatic nitrogens is 2. The number of hydrogen-bond donors (Lipinski definition) is 2. The number of nitrogens with zero attached hydrogens (tertiary/aromatic N) is 4. The molecule has 1 unspecified atom stereocenters. The van der Waals surface area contributed by atoms with Crippen molar-refractivity contribution in [3.05, 3.63) is 70.9 Å². The molecule has 0 saturated carbocycles. The first-order valence-corrected chi connectivity index (χ1v) is 16.0. The third-order valence-electron chi connectivity index (χ3n) is 7.21. The number of halogens is 2. The fourth-order valence-corrected chi connectivity index (χ4v) is 6.42. The lowest BCUT2D eigenvalue weighted by atomic mass is 10.0. The summed E-state index contributed by atoms with van der Waals surface area (Å²) in [5.74, 6) is -2.02. The van der Waals surface area contributed by atoms with Crippen molar-refractivity contribution in [3.8, 4) is 17.0 Å². The molecular weight excluding hydrogens is 615 g/mol. The monoisotopic (exact) mass is 650 g/mol. The van der Waals surface area contributed by atoms with Gasteiger partial charge in [-0.05, 0) is 48.6 Å². The quantitative estimate of drug-likeness (QED) is 0.287. The van der Waals surface area contributed by atoms with Crippen molar-refractivity contribution in [1.29, 1.82) is 0 Å². The van der Waals surface area contributed by atoms with Gasteiger partial charge in [0.25, 0.3) is 5.91 Å². The van der Waals surface area contributed by atoms with E-state index in [1.807, 2.05) is 24.3 Å². The molecule has 0 radical (unpaired) electrons. The highest BCUT2D eigenvalue weighted by molar-refractivity contribution is 7.89. The number of likely N-dealkylation sites (tertiary alicyclic amines) is 1. The third-order valence-corrected chi connectivity index (χ3v) is 8.80. The lowest BCUT2D eigenvalue weighted by Crippen LogP contribution is -2.50. The van der Waals surface area contributed by atoms with Crippen LogP contribution in [0, 0.1) is 11.7 Å². The second-order valence-corrected chi connectivity index (χ2v) is 12.8. The molecule has 1 aliphatic rings. The number of methoxy groups -OCH3 is 2. The smallest absolute Gasteiger partial charge is 0.320 e.